The minimum atomic E-state index is -0.457. The summed E-state index contributed by atoms with van der Waals surface area (Å²) in [5.41, 5.74) is 2.56. The van der Waals surface area contributed by atoms with E-state index in [-0.39, 0.29) is 0 Å². The van der Waals surface area contributed by atoms with Crippen LogP contribution in [0.5, 0.6) is 5.75 Å². The molecule has 1 N–H and O–H groups in total. The predicted octanol–water partition coefficient (Wildman–Crippen LogP) is 3.84. The van der Waals surface area contributed by atoms with Gasteiger partial charge in [0.15, 0.2) is 0 Å². The summed E-state index contributed by atoms with van der Waals surface area (Å²) < 4.78 is 5.24. The topological polar surface area (TPSA) is 62.4 Å². The van der Waals surface area contributed by atoms with Gasteiger partial charge >= 0.3 is 0 Å². The molecule has 0 atom stereocenters. The molecule has 1 aliphatic heterocycles. The van der Waals surface area contributed by atoms with Gasteiger partial charge in [-0.3, -0.25) is 9.59 Å². The Kier molecular flexibility index (Phi) is 5.15. The molecule has 3 aromatic rings. The SMILES string of the molecule is COc1ccc2[nH]cc(C(=O)C(=O)N3CCC(Cc4ccccc4)CC3)c2c1. The van der Waals surface area contributed by atoms with Crippen LogP contribution in [0.2, 0.25) is 0 Å². The standard InChI is InChI=1S/C23H24N2O3/c1-28-18-7-8-21-19(14-18)20(15-24-21)22(26)23(27)25-11-9-17(10-12-25)13-16-5-3-2-4-6-16/h2-8,14-15,17,24H,9-13H2,1H3. The van der Waals surface area contributed by atoms with Gasteiger partial charge in [-0.1, -0.05) is 30.3 Å². The van der Waals surface area contributed by atoms with Crippen molar-refractivity contribution in [3.05, 3.63) is 65.9 Å². The van der Waals surface area contributed by atoms with E-state index in [0.717, 1.165) is 30.2 Å². The maximum absolute atomic E-state index is 12.8. The Balaban J connectivity index is 1.42. The summed E-state index contributed by atoms with van der Waals surface area (Å²) in [6, 6.07) is 15.9. The number of nitrogens with one attached hydrogen (secondary N) is 1. The molecule has 0 saturated carbocycles. The molecule has 4 rings (SSSR count). The Labute approximate surface area is 164 Å². The lowest BCUT2D eigenvalue weighted by Gasteiger charge is -2.31. The molecule has 0 aliphatic carbocycles. The van der Waals surface area contributed by atoms with Crippen molar-refractivity contribution in [2.24, 2.45) is 5.92 Å². The number of rotatable bonds is 5. The molecule has 2 aromatic carbocycles. The van der Waals surface area contributed by atoms with Crippen LogP contribution in [0.1, 0.15) is 28.8 Å². The number of hydrogen-bond acceptors (Lipinski definition) is 3. The van der Waals surface area contributed by atoms with Crippen LogP contribution in [-0.4, -0.2) is 41.8 Å². The molecule has 2 heterocycles. The minimum Gasteiger partial charge on any atom is -0.497 e. The quantitative estimate of drug-likeness (QED) is 0.544. The zero-order valence-electron chi connectivity index (χ0n) is 16.0. The second-order valence-corrected chi connectivity index (χ2v) is 7.37. The van der Waals surface area contributed by atoms with E-state index >= 15 is 0 Å². The van der Waals surface area contributed by atoms with Gasteiger partial charge in [0.25, 0.3) is 11.7 Å². The second-order valence-electron chi connectivity index (χ2n) is 7.37. The molecule has 5 heteroatoms. The van der Waals surface area contributed by atoms with Gasteiger partial charge in [-0.05, 0) is 48.9 Å². The van der Waals surface area contributed by atoms with Crippen molar-refractivity contribution < 1.29 is 14.3 Å². The monoisotopic (exact) mass is 376 g/mol. The molecule has 1 saturated heterocycles. The molecule has 144 valence electrons. The molecule has 0 bridgehead atoms. The molecule has 5 nitrogen and oxygen atoms in total. The molecule has 0 spiro atoms. The average Bonchev–Trinajstić information content (AvgIpc) is 3.17. The Morgan fingerprint density at radius 2 is 1.86 bits per heavy atom. The number of benzene rings is 2. The highest BCUT2D eigenvalue weighted by atomic mass is 16.5. The maximum Gasteiger partial charge on any atom is 0.295 e. The number of aromatic nitrogens is 1. The summed E-state index contributed by atoms with van der Waals surface area (Å²) in [5, 5.41) is 0.719. The van der Waals surface area contributed by atoms with Crippen molar-refractivity contribution >= 4 is 22.6 Å². The third-order valence-electron chi connectivity index (χ3n) is 5.60. The second kappa shape index (κ2) is 7.89. The number of Topliss-reactive ketones (excluding diaryl/α,β-unsaturated/α-hetero) is 1. The van der Waals surface area contributed by atoms with E-state index in [2.05, 4.69) is 29.2 Å². The predicted molar refractivity (Wildman–Crippen MR) is 109 cm³/mol. The first-order valence-electron chi connectivity index (χ1n) is 9.68. The number of hydrogen-bond donors (Lipinski definition) is 1. The van der Waals surface area contributed by atoms with Crippen molar-refractivity contribution in [1.82, 2.24) is 9.88 Å². The van der Waals surface area contributed by atoms with Gasteiger partial charge in [0.1, 0.15) is 5.75 Å². The maximum atomic E-state index is 12.8. The highest BCUT2D eigenvalue weighted by Crippen LogP contribution is 2.26. The van der Waals surface area contributed by atoms with E-state index < -0.39 is 11.7 Å². The van der Waals surface area contributed by atoms with Crippen LogP contribution in [0.3, 0.4) is 0 Å². The zero-order chi connectivity index (χ0) is 19.5. The number of H-pyrrole nitrogens is 1. The first-order chi connectivity index (χ1) is 13.7. The number of ketones is 1. The lowest BCUT2D eigenvalue weighted by Crippen LogP contribution is -2.42. The Bertz CT molecular complexity index is 986. The Morgan fingerprint density at radius 3 is 2.57 bits per heavy atom. The number of amides is 1. The number of piperidine rings is 1. The van der Waals surface area contributed by atoms with E-state index in [9.17, 15) is 9.59 Å². The summed E-state index contributed by atoms with van der Waals surface area (Å²) in [6.45, 7) is 1.27. The van der Waals surface area contributed by atoms with Crippen LogP contribution >= 0.6 is 0 Å². The fourth-order valence-electron chi connectivity index (χ4n) is 3.96. The van der Waals surface area contributed by atoms with Gasteiger partial charge in [-0.25, -0.2) is 0 Å². The lowest BCUT2D eigenvalue weighted by molar-refractivity contribution is -0.127. The summed E-state index contributed by atoms with van der Waals surface area (Å²) in [6.07, 6.45) is 4.50. The molecule has 0 radical (unpaired) electrons. The molecule has 28 heavy (non-hydrogen) atoms. The number of nitrogens with zero attached hydrogens (tertiary/aromatic N) is 1. The third kappa shape index (κ3) is 3.65. The normalized spacial score (nSPS) is 15.0. The molecule has 1 aromatic heterocycles. The van der Waals surface area contributed by atoms with Crippen LogP contribution in [-0.2, 0) is 11.2 Å². The summed E-state index contributed by atoms with van der Waals surface area (Å²) in [4.78, 5) is 30.4. The van der Waals surface area contributed by atoms with Crippen LogP contribution < -0.4 is 4.74 Å². The van der Waals surface area contributed by atoms with Crippen LogP contribution in [0, 0.1) is 5.92 Å². The van der Waals surface area contributed by atoms with Crippen molar-refractivity contribution in [2.75, 3.05) is 20.2 Å². The average molecular weight is 376 g/mol. The number of likely N-dealkylation sites (tertiary alicyclic amines) is 1. The van der Waals surface area contributed by atoms with Crippen molar-refractivity contribution in [3.63, 3.8) is 0 Å². The summed E-state index contributed by atoms with van der Waals surface area (Å²) in [7, 11) is 1.58. The summed E-state index contributed by atoms with van der Waals surface area (Å²) in [5.74, 6) is 0.345. The van der Waals surface area contributed by atoms with Gasteiger partial charge in [-0.2, -0.15) is 0 Å². The van der Waals surface area contributed by atoms with Gasteiger partial charge in [0.2, 0.25) is 0 Å². The van der Waals surface area contributed by atoms with Crippen LogP contribution in [0.25, 0.3) is 10.9 Å². The number of methoxy groups -OCH3 is 1. The first kappa shape index (κ1) is 18.3. The van der Waals surface area contributed by atoms with Gasteiger partial charge in [-0.15, -0.1) is 0 Å². The Hall–Kier alpha value is -3.08. The third-order valence-corrected chi connectivity index (χ3v) is 5.60. The minimum absolute atomic E-state index is 0.408. The van der Waals surface area contributed by atoms with Gasteiger partial charge < -0.3 is 14.6 Å². The molecule has 1 amide bonds. The van der Waals surface area contributed by atoms with Crippen molar-refractivity contribution in [3.8, 4) is 5.75 Å². The number of ether oxygens (including phenoxy) is 1. The number of fused-ring (bicyclic) bond motifs is 1. The number of aromatic amines is 1. The number of carbonyl (C=O) groups is 2. The van der Waals surface area contributed by atoms with E-state index in [1.807, 2.05) is 18.2 Å². The van der Waals surface area contributed by atoms with E-state index in [0.29, 0.717) is 30.3 Å². The van der Waals surface area contributed by atoms with Crippen molar-refractivity contribution in [1.29, 1.82) is 0 Å². The molecule has 1 fully saturated rings. The van der Waals surface area contributed by atoms with Crippen LogP contribution in [0.4, 0.5) is 0 Å². The Morgan fingerprint density at radius 1 is 1.11 bits per heavy atom. The smallest absolute Gasteiger partial charge is 0.295 e. The largest absolute Gasteiger partial charge is 0.497 e. The summed E-state index contributed by atoms with van der Waals surface area (Å²) >= 11 is 0. The highest BCUT2D eigenvalue weighted by molar-refractivity contribution is 6.44. The van der Waals surface area contributed by atoms with Crippen LogP contribution in [0.15, 0.2) is 54.7 Å². The van der Waals surface area contributed by atoms with E-state index in [1.54, 1.807) is 24.3 Å². The van der Waals surface area contributed by atoms with Crippen molar-refractivity contribution in [2.45, 2.75) is 19.3 Å². The lowest BCUT2D eigenvalue weighted by atomic mass is 9.90. The number of carbonyl (C=O) groups excluding carboxylic acids is 2. The highest BCUT2D eigenvalue weighted by Gasteiger charge is 2.29. The fraction of sp³-hybridized carbons (Fsp3) is 0.304. The molecular formula is C23H24N2O3. The molecular weight excluding hydrogens is 352 g/mol. The molecule has 1 aliphatic rings. The van der Waals surface area contributed by atoms with E-state index in [1.165, 1.54) is 5.56 Å². The van der Waals surface area contributed by atoms with Gasteiger partial charge in [0, 0.05) is 30.2 Å². The molecule has 0 unspecified atom stereocenters. The fourth-order valence-corrected chi connectivity index (χ4v) is 3.96. The first-order valence-corrected chi connectivity index (χ1v) is 9.68. The van der Waals surface area contributed by atoms with Gasteiger partial charge in [0.05, 0.1) is 12.7 Å². The zero-order valence-corrected chi connectivity index (χ0v) is 16.0. The van der Waals surface area contributed by atoms with E-state index in [4.69, 9.17) is 4.74 Å².